The van der Waals surface area contributed by atoms with E-state index in [1.165, 1.54) is 5.57 Å². The third-order valence-corrected chi connectivity index (χ3v) is 3.22. The van der Waals surface area contributed by atoms with E-state index in [-0.39, 0.29) is 46.5 Å². The Morgan fingerprint density at radius 3 is 2.52 bits per heavy atom. The summed E-state index contributed by atoms with van der Waals surface area (Å²) in [5.74, 6) is 0.166. The van der Waals surface area contributed by atoms with Gasteiger partial charge >= 0.3 is 21.7 Å². The molecule has 0 N–H and O–H groups in total. The van der Waals surface area contributed by atoms with Crippen LogP contribution in [0, 0.1) is 6.08 Å². The van der Waals surface area contributed by atoms with Crippen molar-refractivity contribution in [2.24, 2.45) is 0 Å². The fourth-order valence-corrected chi connectivity index (χ4v) is 2.19. The molecule has 1 unspecified atom stereocenters. The van der Waals surface area contributed by atoms with Crippen molar-refractivity contribution in [2.45, 2.75) is 45.8 Å². The Bertz CT molecular complexity index is 442. The largest absolute Gasteiger partial charge is 3.00 e. The number of hydrogen-bond donors (Lipinski definition) is 0. The van der Waals surface area contributed by atoms with Gasteiger partial charge in [-0.15, -0.1) is 6.42 Å². The molecule has 0 amide bonds. The minimum Gasteiger partial charge on any atom is -1.00 e. The first-order valence-electron chi connectivity index (χ1n) is 6.62. The predicted molar refractivity (Wildman–Crippen MR) is 72.7 cm³/mol. The zero-order chi connectivity index (χ0) is 13.0. The predicted octanol–water partition coefficient (Wildman–Crippen LogP) is -1.93. The molecule has 5 heteroatoms. The summed E-state index contributed by atoms with van der Waals surface area (Å²) in [6, 6.07) is 0. The molecule has 0 saturated carbocycles. The monoisotopic (exact) mass is 363 g/mol. The first-order valence-corrected chi connectivity index (χ1v) is 6.62. The summed E-state index contributed by atoms with van der Waals surface area (Å²) in [5.41, 5.74) is 2.40. The first-order chi connectivity index (χ1) is 8.66. The third-order valence-electron chi connectivity index (χ3n) is 3.22. The van der Waals surface area contributed by atoms with Crippen LogP contribution in [0.2, 0.25) is 0 Å². The molecule has 0 fully saturated rings. The van der Waals surface area contributed by atoms with Crippen LogP contribution in [0.3, 0.4) is 0 Å². The van der Waals surface area contributed by atoms with Gasteiger partial charge in [-0.05, 0) is 31.6 Å². The van der Waals surface area contributed by atoms with Gasteiger partial charge in [-0.2, -0.15) is 12.2 Å². The van der Waals surface area contributed by atoms with Crippen molar-refractivity contribution in [3.63, 3.8) is 0 Å². The van der Waals surface area contributed by atoms with E-state index < -0.39 is 5.79 Å². The van der Waals surface area contributed by atoms with E-state index in [1.807, 2.05) is 12.2 Å². The smallest absolute Gasteiger partial charge is 1.00 e. The van der Waals surface area contributed by atoms with Gasteiger partial charge in [0, 0.05) is 6.42 Å². The maximum atomic E-state index is 6.09. The molecule has 0 spiro atoms. The zero-order valence-corrected chi connectivity index (χ0v) is 15.8. The molecule has 1 atom stereocenters. The van der Waals surface area contributed by atoms with E-state index in [2.05, 4.69) is 39.0 Å². The van der Waals surface area contributed by atoms with Crippen molar-refractivity contribution in [1.29, 1.82) is 0 Å². The molecule has 2 aliphatic rings. The summed E-state index contributed by atoms with van der Waals surface area (Å²) in [7, 11) is 0. The second-order valence-corrected chi connectivity index (χ2v) is 4.83. The summed E-state index contributed by atoms with van der Waals surface area (Å²) in [6.45, 7) is 6.99. The topological polar surface area (TPSA) is 18.5 Å². The number of hydrogen-bond acceptors (Lipinski definition) is 2. The van der Waals surface area contributed by atoms with Gasteiger partial charge in [0.2, 0.25) is 5.79 Å². The van der Waals surface area contributed by atoms with Gasteiger partial charge in [0.05, 0.1) is 6.61 Å². The van der Waals surface area contributed by atoms with Gasteiger partial charge in [0.1, 0.15) is 0 Å². The first kappa shape index (κ1) is 23.3. The summed E-state index contributed by atoms with van der Waals surface area (Å²) >= 11 is 0. The van der Waals surface area contributed by atoms with Crippen molar-refractivity contribution in [1.82, 2.24) is 0 Å². The van der Waals surface area contributed by atoms with E-state index in [1.54, 1.807) is 0 Å². The second-order valence-electron chi connectivity index (χ2n) is 4.83. The molecule has 21 heavy (non-hydrogen) atoms. The van der Waals surface area contributed by atoms with Crippen LogP contribution < -0.4 is 24.8 Å². The molecule has 2 aliphatic carbocycles. The molecule has 0 saturated heterocycles. The average molecular weight is 364 g/mol. The summed E-state index contributed by atoms with van der Waals surface area (Å²) in [6.07, 6.45) is 14.1. The average Bonchev–Trinajstić information content (AvgIpc) is 2.84. The van der Waals surface area contributed by atoms with Crippen molar-refractivity contribution in [2.75, 3.05) is 6.61 Å². The standard InChI is InChI=1S/C16H21O2.2ClH.Ti/c1-4-11-17-16(18-15-7-5-6-8-15)10-9-13(2)12-14(16)3;;;/h5,7,9,12H,4,6,10-11H2,1-3H3;2*1H;/q-1;;;+3/p-2. The number of ether oxygens (including phenoxy) is 2. The van der Waals surface area contributed by atoms with E-state index >= 15 is 0 Å². The van der Waals surface area contributed by atoms with Crippen LogP contribution in [-0.2, 0) is 31.2 Å². The minimum atomic E-state index is -0.632. The molecule has 0 aliphatic heterocycles. The molecule has 2 rings (SSSR count). The van der Waals surface area contributed by atoms with Crippen LogP contribution in [-0.4, -0.2) is 12.4 Å². The molecule has 0 aromatic carbocycles. The van der Waals surface area contributed by atoms with Gasteiger partial charge in [-0.3, -0.25) is 0 Å². The molecule has 0 heterocycles. The maximum absolute atomic E-state index is 6.09. The minimum absolute atomic E-state index is 0. The normalized spacial score (nSPS) is 22.9. The van der Waals surface area contributed by atoms with Crippen LogP contribution in [0.25, 0.3) is 0 Å². The van der Waals surface area contributed by atoms with Crippen LogP contribution in [0.5, 0.6) is 0 Å². The van der Waals surface area contributed by atoms with E-state index in [9.17, 15) is 0 Å². The van der Waals surface area contributed by atoms with Crippen LogP contribution in [0.1, 0.15) is 40.0 Å². The number of halogens is 2. The quantitative estimate of drug-likeness (QED) is 0.322. The van der Waals surface area contributed by atoms with Gasteiger partial charge in [0.15, 0.2) is 0 Å². The van der Waals surface area contributed by atoms with Gasteiger partial charge < -0.3 is 34.3 Å². The fourth-order valence-electron chi connectivity index (χ4n) is 2.19. The molecule has 0 aromatic rings. The zero-order valence-electron chi connectivity index (χ0n) is 12.7. The number of allylic oxidation sites excluding steroid dienone is 5. The maximum Gasteiger partial charge on any atom is 3.00 e. The molecule has 0 bridgehead atoms. The van der Waals surface area contributed by atoms with Crippen LogP contribution in [0.15, 0.2) is 41.2 Å². The SMILES string of the molecule is CCCOC1(OC2=[C-]CC=C2)CC=C(C)C=C1C.[Cl-].[Cl-].[Ti+3]. The van der Waals surface area contributed by atoms with Gasteiger partial charge in [-0.25, -0.2) is 6.08 Å². The molecule has 2 nitrogen and oxygen atoms in total. The summed E-state index contributed by atoms with van der Waals surface area (Å²) in [4.78, 5) is 0. The molecule has 115 valence electrons. The Labute approximate surface area is 155 Å². The summed E-state index contributed by atoms with van der Waals surface area (Å²) < 4.78 is 12.1. The van der Waals surface area contributed by atoms with E-state index in [4.69, 9.17) is 9.47 Å². The van der Waals surface area contributed by atoms with Crippen molar-refractivity contribution < 1.29 is 56.0 Å². The number of rotatable bonds is 5. The van der Waals surface area contributed by atoms with Crippen molar-refractivity contribution in [3.8, 4) is 0 Å². The Morgan fingerprint density at radius 1 is 1.29 bits per heavy atom. The van der Waals surface area contributed by atoms with Crippen LogP contribution in [0.4, 0.5) is 0 Å². The molecule has 0 aromatic heterocycles. The Hall–Kier alpha value is 0.0143. The van der Waals surface area contributed by atoms with Gasteiger partial charge in [-0.1, -0.05) is 24.6 Å². The van der Waals surface area contributed by atoms with Gasteiger partial charge in [0.25, 0.3) is 0 Å². The summed E-state index contributed by atoms with van der Waals surface area (Å²) in [5, 5.41) is 0. The molecular formula is C16H21Cl2O2Ti. The molecule has 1 radical (unpaired) electrons. The Morgan fingerprint density at radius 2 is 2.00 bits per heavy atom. The Balaban J connectivity index is 0. The third kappa shape index (κ3) is 5.96. The fraction of sp³-hybridized carbons (Fsp3) is 0.500. The van der Waals surface area contributed by atoms with E-state index in [0.29, 0.717) is 6.61 Å². The Kier molecular flexibility index (Phi) is 11.9. The molecular weight excluding hydrogens is 343 g/mol. The van der Waals surface area contributed by atoms with E-state index in [0.717, 1.165) is 30.6 Å². The van der Waals surface area contributed by atoms with Crippen LogP contribution >= 0.6 is 0 Å². The van der Waals surface area contributed by atoms with Crippen molar-refractivity contribution in [3.05, 3.63) is 47.3 Å². The van der Waals surface area contributed by atoms with Crippen molar-refractivity contribution >= 4 is 0 Å². The second kappa shape index (κ2) is 10.7.